The Morgan fingerprint density at radius 2 is 2.00 bits per heavy atom. The van der Waals surface area contributed by atoms with Crippen molar-refractivity contribution in [2.24, 2.45) is 5.92 Å². The van der Waals surface area contributed by atoms with E-state index in [9.17, 15) is 14.7 Å². The minimum Gasteiger partial charge on any atom is -0.480 e. The molecule has 1 aromatic rings. The third kappa shape index (κ3) is 4.24. The summed E-state index contributed by atoms with van der Waals surface area (Å²) in [6.45, 7) is 0. The third-order valence-electron chi connectivity index (χ3n) is 3.98. The number of carbonyl (C=O) groups excluding carboxylic acids is 1. The molecule has 0 aromatic heterocycles. The molecule has 0 bridgehead atoms. The molecule has 0 fully saturated rings. The number of hydrogen-bond acceptors (Lipinski definition) is 3. The van der Waals surface area contributed by atoms with Gasteiger partial charge in [0.2, 0.25) is 5.91 Å². The van der Waals surface area contributed by atoms with Gasteiger partial charge in [-0.1, -0.05) is 30.7 Å². The first-order valence-corrected chi connectivity index (χ1v) is 7.96. The fraction of sp³-hybridized carbons (Fsp3) is 0.500. The van der Waals surface area contributed by atoms with Crippen LogP contribution >= 0.6 is 12.6 Å². The predicted molar refractivity (Wildman–Crippen MR) is 84.6 cm³/mol. The lowest BCUT2D eigenvalue weighted by molar-refractivity contribution is -0.142. The van der Waals surface area contributed by atoms with Crippen LogP contribution in [-0.4, -0.2) is 28.8 Å². The molecule has 0 aliphatic carbocycles. The maximum Gasteiger partial charge on any atom is 0.326 e. The Morgan fingerprint density at radius 3 is 2.67 bits per heavy atom. The smallest absolute Gasteiger partial charge is 0.326 e. The van der Waals surface area contributed by atoms with Crippen LogP contribution in [0, 0.1) is 5.92 Å². The zero-order chi connectivity index (χ0) is 15.2. The highest BCUT2D eigenvalue weighted by Gasteiger charge is 2.25. The molecule has 1 heterocycles. The summed E-state index contributed by atoms with van der Waals surface area (Å²) < 4.78 is 0. The Bertz CT molecular complexity index is 518. The quantitative estimate of drug-likeness (QED) is 0.733. The van der Waals surface area contributed by atoms with Gasteiger partial charge < -0.3 is 10.4 Å². The molecule has 1 unspecified atom stereocenters. The summed E-state index contributed by atoms with van der Waals surface area (Å²) in [5, 5.41) is 11.9. The van der Waals surface area contributed by atoms with Crippen molar-refractivity contribution in [3.05, 3.63) is 35.4 Å². The lowest BCUT2D eigenvalue weighted by atomic mass is 9.94. The van der Waals surface area contributed by atoms with Gasteiger partial charge in [0.05, 0.1) is 5.92 Å². The molecule has 0 saturated carbocycles. The molecular formula is C16H21NO3S. The number of aliphatic carboxylic acids is 1. The van der Waals surface area contributed by atoms with Crippen LogP contribution in [-0.2, 0) is 22.4 Å². The average molecular weight is 307 g/mol. The van der Waals surface area contributed by atoms with Gasteiger partial charge in [-0.15, -0.1) is 0 Å². The van der Waals surface area contributed by atoms with Crippen LogP contribution in [0.1, 0.15) is 30.4 Å². The highest BCUT2D eigenvalue weighted by Crippen LogP contribution is 2.20. The van der Waals surface area contributed by atoms with Gasteiger partial charge in [0.25, 0.3) is 0 Å². The number of benzene rings is 1. The second-order valence-electron chi connectivity index (χ2n) is 5.50. The number of aryl methyl sites for hydroxylation is 1. The molecule has 4 nitrogen and oxygen atoms in total. The number of amides is 1. The van der Waals surface area contributed by atoms with Crippen LogP contribution in [0.2, 0.25) is 0 Å². The van der Waals surface area contributed by atoms with Crippen LogP contribution in [0.5, 0.6) is 0 Å². The highest BCUT2D eigenvalue weighted by atomic mass is 32.1. The highest BCUT2D eigenvalue weighted by molar-refractivity contribution is 7.80. The fourth-order valence-corrected chi connectivity index (χ4v) is 3.01. The van der Waals surface area contributed by atoms with Gasteiger partial charge in [-0.25, -0.2) is 4.79 Å². The maximum atomic E-state index is 12.3. The van der Waals surface area contributed by atoms with Crippen molar-refractivity contribution >= 4 is 24.5 Å². The van der Waals surface area contributed by atoms with E-state index in [2.05, 4.69) is 24.0 Å². The minimum atomic E-state index is -0.960. The Labute approximate surface area is 130 Å². The van der Waals surface area contributed by atoms with Crippen LogP contribution in [0.25, 0.3) is 0 Å². The van der Waals surface area contributed by atoms with Crippen molar-refractivity contribution in [2.45, 2.75) is 38.1 Å². The molecule has 1 aliphatic rings. The van der Waals surface area contributed by atoms with Gasteiger partial charge in [0.15, 0.2) is 0 Å². The molecule has 1 aromatic carbocycles. The number of carboxylic acids is 1. The number of nitrogens with one attached hydrogen (secondary N) is 1. The van der Waals surface area contributed by atoms with Gasteiger partial charge in [0, 0.05) is 5.75 Å². The van der Waals surface area contributed by atoms with E-state index < -0.39 is 12.0 Å². The fourth-order valence-electron chi connectivity index (χ4n) is 2.72. The molecular weight excluding hydrogens is 286 g/mol. The van der Waals surface area contributed by atoms with Crippen molar-refractivity contribution in [3.8, 4) is 0 Å². The van der Waals surface area contributed by atoms with Crippen molar-refractivity contribution in [2.75, 3.05) is 5.75 Å². The van der Waals surface area contributed by atoms with E-state index in [1.807, 2.05) is 18.2 Å². The predicted octanol–water partition coefficient (Wildman–Crippen LogP) is 2.07. The molecule has 5 heteroatoms. The molecule has 0 saturated heterocycles. The molecule has 1 amide bonds. The summed E-state index contributed by atoms with van der Waals surface area (Å²) in [6, 6.07) is 7.34. The second kappa shape index (κ2) is 7.50. The van der Waals surface area contributed by atoms with Crippen LogP contribution in [0.15, 0.2) is 24.3 Å². The minimum absolute atomic E-state index is 0.214. The second-order valence-corrected chi connectivity index (χ2v) is 5.86. The number of carboxylic acid groups (broad SMARTS) is 1. The standard InChI is InChI=1S/C16H21NO3S/c18-15-13(10-21)9-12-7-2-1-5-11(12)6-3-4-8-14(17-15)16(19)20/h1-2,5,7,13-14,21H,3-4,6,8-10H2,(H,17,18)(H,19,20)/t13?,14-/m0/s1. The van der Waals surface area contributed by atoms with Crippen molar-refractivity contribution in [1.82, 2.24) is 5.32 Å². The van der Waals surface area contributed by atoms with E-state index in [0.29, 0.717) is 18.6 Å². The van der Waals surface area contributed by atoms with E-state index in [0.717, 1.165) is 19.3 Å². The Morgan fingerprint density at radius 1 is 1.29 bits per heavy atom. The van der Waals surface area contributed by atoms with Gasteiger partial charge in [0.1, 0.15) is 6.04 Å². The maximum absolute atomic E-state index is 12.3. The summed E-state index contributed by atoms with van der Waals surface area (Å²) in [5.74, 6) is -1.06. The van der Waals surface area contributed by atoms with E-state index in [1.54, 1.807) is 0 Å². The van der Waals surface area contributed by atoms with Gasteiger partial charge in [-0.2, -0.15) is 12.6 Å². The molecule has 2 rings (SSSR count). The van der Waals surface area contributed by atoms with Crippen molar-refractivity contribution in [3.63, 3.8) is 0 Å². The topological polar surface area (TPSA) is 66.4 Å². The monoisotopic (exact) mass is 307 g/mol. The Hall–Kier alpha value is -1.49. The molecule has 0 spiro atoms. The average Bonchev–Trinajstić information content (AvgIpc) is 2.50. The summed E-state index contributed by atoms with van der Waals surface area (Å²) in [6.07, 6.45) is 3.73. The SMILES string of the molecule is O=C1N[C@H](C(=O)O)CCCCc2ccccc2CC1CS. The molecule has 21 heavy (non-hydrogen) atoms. The van der Waals surface area contributed by atoms with Gasteiger partial charge in [-0.05, 0) is 36.8 Å². The molecule has 1 aliphatic heterocycles. The lowest BCUT2D eigenvalue weighted by Gasteiger charge is -2.19. The van der Waals surface area contributed by atoms with Gasteiger partial charge >= 0.3 is 5.97 Å². The number of rotatable bonds is 2. The largest absolute Gasteiger partial charge is 0.480 e. The first kappa shape index (κ1) is 15.9. The van der Waals surface area contributed by atoms with Crippen LogP contribution < -0.4 is 5.32 Å². The Kier molecular flexibility index (Phi) is 5.67. The first-order valence-electron chi connectivity index (χ1n) is 7.32. The van der Waals surface area contributed by atoms with E-state index in [4.69, 9.17) is 0 Å². The summed E-state index contributed by atoms with van der Waals surface area (Å²) in [4.78, 5) is 23.5. The third-order valence-corrected chi connectivity index (χ3v) is 4.42. The van der Waals surface area contributed by atoms with Gasteiger partial charge in [-0.3, -0.25) is 4.79 Å². The number of hydrogen-bond donors (Lipinski definition) is 3. The summed E-state index contributed by atoms with van der Waals surface area (Å²) >= 11 is 4.26. The molecule has 114 valence electrons. The van der Waals surface area contributed by atoms with Crippen LogP contribution in [0.3, 0.4) is 0 Å². The first-order chi connectivity index (χ1) is 10.1. The van der Waals surface area contributed by atoms with E-state index >= 15 is 0 Å². The van der Waals surface area contributed by atoms with E-state index in [1.165, 1.54) is 11.1 Å². The zero-order valence-electron chi connectivity index (χ0n) is 11.9. The number of thiol groups is 1. The summed E-state index contributed by atoms with van der Waals surface area (Å²) in [5.41, 5.74) is 2.42. The zero-order valence-corrected chi connectivity index (χ0v) is 12.8. The molecule has 2 N–H and O–H groups in total. The summed E-state index contributed by atoms with van der Waals surface area (Å²) in [7, 11) is 0. The van der Waals surface area contributed by atoms with Crippen molar-refractivity contribution in [1.29, 1.82) is 0 Å². The Balaban J connectivity index is 2.24. The normalized spacial score (nSPS) is 23.6. The van der Waals surface area contributed by atoms with Crippen LogP contribution in [0.4, 0.5) is 0 Å². The number of carbonyl (C=O) groups is 2. The molecule has 0 radical (unpaired) electrons. The molecule has 2 atom stereocenters. The number of fused-ring (bicyclic) bond motifs is 1. The van der Waals surface area contributed by atoms with Crippen molar-refractivity contribution < 1.29 is 14.7 Å². The lowest BCUT2D eigenvalue weighted by Crippen LogP contribution is -2.44. The van der Waals surface area contributed by atoms with E-state index in [-0.39, 0.29) is 11.8 Å².